The van der Waals surface area contributed by atoms with Crippen LogP contribution in [0, 0.1) is 13.8 Å². The third-order valence-electron chi connectivity index (χ3n) is 5.04. The Morgan fingerprint density at radius 1 is 1.04 bits per heavy atom. The molecule has 0 aromatic rings. The van der Waals surface area contributed by atoms with Crippen molar-refractivity contribution in [2.24, 2.45) is 0 Å². The zero-order chi connectivity index (χ0) is 15.1. The largest absolute Gasteiger partial charge is 1.00 e. The number of hydrogen-bond acceptors (Lipinski definition) is 3. The standard InChI is InChI=1S/C16H30O3Si.2ClH.2Hg/c1-11-8-9-13(17-11)15-10-14(12(2)18-15)19-20(6,7)16(3,4)5;;;;/h11-15H,1-2,8-10H2,3-7H3;2*1H;;/q;;;2*+1/p-2/t11-,12+,13-,14-,15-;;;;/m1..../s1. The fourth-order valence-corrected chi connectivity index (χ4v) is 4.03. The molecule has 2 saturated heterocycles. The SMILES string of the molecule is [CH2+][C@@H]1O[C@@H]([C@H]2CC[C@@H]([CH2-])O2)C[C@H]1O[Si](C)(C)C(C)(C)C.[Cl-].[Cl-].[Hg+].[Hg+]. The summed E-state index contributed by atoms with van der Waals surface area (Å²) >= 11 is 0. The molecule has 5 atom stereocenters. The Kier molecular flexibility index (Phi) is 15.7. The molecule has 8 heteroatoms. The van der Waals surface area contributed by atoms with Gasteiger partial charge in [0.05, 0.1) is 19.1 Å². The van der Waals surface area contributed by atoms with Gasteiger partial charge in [-0.1, -0.05) is 33.3 Å². The number of halogens is 2. The van der Waals surface area contributed by atoms with Crippen LogP contribution >= 0.6 is 0 Å². The van der Waals surface area contributed by atoms with E-state index >= 15 is 0 Å². The van der Waals surface area contributed by atoms with E-state index in [0.717, 1.165) is 19.3 Å². The van der Waals surface area contributed by atoms with E-state index in [1.165, 1.54) is 0 Å². The molecule has 0 aromatic heterocycles. The molecular formula is C16H30Cl2Hg2O3Si. The molecule has 2 aliphatic rings. The molecule has 0 bridgehead atoms. The van der Waals surface area contributed by atoms with Gasteiger partial charge in [-0.05, 0) is 24.6 Å². The van der Waals surface area contributed by atoms with Crippen LogP contribution in [0.25, 0.3) is 0 Å². The minimum Gasteiger partial charge on any atom is -1.00 e. The topological polar surface area (TPSA) is 27.7 Å². The van der Waals surface area contributed by atoms with E-state index in [1.54, 1.807) is 0 Å². The number of rotatable bonds is 3. The van der Waals surface area contributed by atoms with E-state index in [0.29, 0.717) is 0 Å². The van der Waals surface area contributed by atoms with Crippen molar-refractivity contribution in [3.8, 4) is 0 Å². The molecular weight excluding hydrogens is 740 g/mol. The summed E-state index contributed by atoms with van der Waals surface area (Å²) in [6.07, 6.45) is 3.41. The Hall–Kier alpha value is 2.42. The minimum absolute atomic E-state index is 0. The summed E-state index contributed by atoms with van der Waals surface area (Å²) in [6, 6.07) is 0. The molecule has 2 heterocycles. The first-order chi connectivity index (χ1) is 9.10. The minimum atomic E-state index is -1.77. The van der Waals surface area contributed by atoms with Gasteiger partial charge in [-0.3, -0.25) is 0 Å². The summed E-state index contributed by atoms with van der Waals surface area (Å²) in [4.78, 5) is 0. The molecule has 3 nitrogen and oxygen atoms in total. The summed E-state index contributed by atoms with van der Waals surface area (Å²) in [5.41, 5.74) is 0. The molecule has 0 aliphatic carbocycles. The second-order valence-electron chi connectivity index (χ2n) is 7.74. The summed E-state index contributed by atoms with van der Waals surface area (Å²) < 4.78 is 18.3. The van der Waals surface area contributed by atoms with Crippen LogP contribution in [-0.4, -0.2) is 38.8 Å². The third-order valence-corrected chi connectivity index (χ3v) is 9.54. The molecule has 0 aromatic carbocycles. The summed E-state index contributed by atoms with van der Waals surface area (Å²) in [5.74, 6) is 0. The maximum absolute atomic E-state index is 6.47. The Labute approximate surface area is 203 Å². The second-order valence-corrected chi connectivity index (χ2v) is 12.5. The monoisotopic (exact) mass is 772 g/mol. The van der Waals surface area contributed by atoms with Crippen LogP contribution in [0.1, 0.15) is 40.0 Å². The van der Waals surface area contributed by atoms with Crippen molar-refractivity contribution >= 4 is 8.32 Å². The second kappa shape index (κ2) is 12.1. The average Bonchev–Trinajstić information content (AvgIpc) is 2.84. The van der Waals surface area contributed by atoms with E-state index in [1.807, 2.05) is 0 Å². The van der Waals surface area contributed by atoms with E-state index in [4.69, 9.17) is 13.9 Å². The predicted octanol–water partition coefficient (Wildman–Crippen LogP) is -2.25. The first kappa shape index (κ1) is 31.1. The van der Waals surface area contributed by atoms with E-state index < -0.39 is 8.32 Å². The van der Waals surface area contributed by atoms with Crippen LogP contribution in [0.3, 0.4) is 0 Å². The van der Waals surface area contributed by atoms with Gasteiger partial charge in [-0.25, -0.2) is 0 Å². The molecule has 2 fully saturated rings. The number of hydrogen-bond donors (Lipinski definition) is 0. The van der Waals surface area contributed by atoms with Crippen molar-refractivity contribution in [1.29, 1.82) is 0 Å². The quantitative estimate of drug-likeness (QED) is 0.240. The normalized spacial score (nSPS) is 32.8. The van der Waals surface area contributed by atoms with Gasteiger partial charge in [0.1, 0.15) is 6.10 Å². The Balaban J connectivity index is -0.00000110. The molecule has 2 rings (SSSR count). The van der Waals surface area contributed by atoms with Crippen molar-refractivity contribution in [1.82, 2.24) is 0 Å². The first-order valence-corrected chi connectivity index (χ1v) is 10.7. The van der Waals surface area contributed by atoms with E-state index in [2.05, 4.69) is 47.7 Å². The molecule has 0 N–H and O–H groups in total. The fourth-order valence-electron chi connectivity index (χ4n) is 2.67. The van der Waals surface area contributed by atoms with Crippen molar-refractivity contribution in [3.05, 3.63) is 13.8 Å². The molecule has 0 saturated carbocycles. The zero-order valence-electron chi connectivity index (χ0n) is 15.8. The van der Waals surface area contributed by atoms with Gasteiger partial charge in [-0.15, -0.1) is 0 Å². The van der Waals surface area contributed by atoms with Crippen molar-refractivity contribution in [2.75, 3.05) is 0 Å². The van der Waals surface area contributed by atoms with Gasteiger partial charge in [0.25, 0.3) is 0 Å². The first-order valence-electron chi connectivity index (χ1n) is 7.75. The smallest absolute Gasteiger partial charge is 1.00 e. The Morgan fingerprint density at radius 2 is 1.58 bits per heavy atom. The molecule has 0 amide bonds. The van der Waals surface area contributed by atoms with Gasteiger partial charge < -0.3 is 45.6 Å². The fraction of sp³-hybridized carbons (Fsp3) is 0.875. The van der Waals surface area contributed by atoms with Crippen LogP contribution in [0.4, 0.5) is 0 Å². The van der Waals surface area contributed by atoms with Crippen molar-refractivity contribution < 1.29 is 94.1 Å². The van der Waals surface area contributed by atoms with Gasteiger partial charge >= 0.3 is 55.3 Å². The summed E-state index contributed by atoms with van der Waals surface area (Å²) in [6.45, 7) is 19.5. The third kappa shape index (κ3) is 7.81. The molecule has 2 radical (unpaired) electrons. The Morgan fingerprint density at radius 3 is 2.00 bits per heavy atom. The molecule has 24 heavy (non-hydrogen) atoms. The van der Waals surface area contributed by atoms with Crippen LogP contribution in [-0.2, 0) is 69.2 Å². The Bertz CT molecular complexity index is 357. The van der Waals surface area contributed by atoms with Crippen molar-refractivity contribution in [2.45, 2.75) is 88.7 Å². The van der Waals surface area contributed by atoms with Gasteiger partial charge in [0.15, 0.2) is 8.32 Å². The molecule has 2 aliphatic heterocycles. The maximum atomic E-state index is 6.47. The zero-order valence-corrected chi connectivity index (χ0v) is 29.3. The molecule has 0 unspecified atom stereocenters. The summed E-state index contributed by atoms with van der Waals surface area (Å²) in [5, 5.41) is 0.215. The van der Waals surface area contributed by atoms with Crippen LogP contribution in [0.5, 0.6) is 0 Å². The van der Waals surface area contributed by atoms with Crippen LogP contribution in [0.2, 0.25) is 18.1 Å². The predicted molar refractivity (Wildman–Crippen MR) is 84.0 cm³/mol. The molecule has 134 valence electrons. The average molecular weight is 771 g/mol. The van der Waals surface area contributed by atoms with E-state index in [9.17, 15) is 0 Å². The maximum Gasteiger partial charge on any atom is 1.00 e. The van der Waals surface area contributed by atoms with Crippen LogP contribution in [0.15, 0.2) is 0 Å². The van der Waals surface area contributed by atoms with Gasteiger partial charge in [0, 0.05) is 6.42 Å². The number of ether oxygens (including phenoxy) is 2. The van der Waals surface area contributed by atoms with Crippen LogP contribution < -0.4 is 24.8 Å². The summed E-state index contributed by atoms with van der Waals surface area (Å²) in [7, 11) is -1.77. The van der Waals surface area contributed by atoms with Crippen molar-refractivity contribution in [3.63, 3.8) is 0 Å². The van der Waals surface area contributed by atoms with Gasteiger partial charge in [-0.2, -0.15) is 0 Å². The van der Waals surface area contributed by atoms with E-state index in [-0.39, 0.29) is 116 Å². The molecule has 0 spiro atoms. The van der Waals surface area contributed by atoms with Gasteiger partial charge in [0.2, 0.25) is 6.10 Å².